The molecule has 0 aliphatic heterocycles. The van der Waals surface area contributed by atoms with Gasteiger partial charge in [0.15, 0.2) is 17.5 Å². The zero-order valence-corrected chi connectivity index (χ0v) is 15.0. The van der Waals surface area contributed by atoms with E-state index >= 15 is 0 Å². The van der Waals surface area contributed by atoms with Crippen molar-refractivity contribution in [1.29, 1.82) is 0 Å². The van der Waals surface area contributed by atoms with Crippen LogP contribution < -0.4 is 4.74 Å². The van der Waals surface area contributed by atoms with Crippen molar-refractivity contribution in [3.8, 4) is 5.75 Å². The van der Waals surface area contributed by atoms with Crippen LogP contribution in [-0.2, 0) is 4.79 Å². The monoisotopic (exact) mass is 391 g/mol. The van der Waals surface area contributed by atoms with Gasteiger partial charge in [-0.3, -0.25) is 14.6 Å². The summed E-state index contributed by atoms with van der Waals surface area (Å²) in [4.78, 5) is 30.1. The largest absolute Gasteiger partial charge is 0.423 e. The van der Waals surface area contributed by atoms with E-state index in [0.717, 1.165) is 0 Å². The summed E-state index contributed by atoms with van der Waals surface area (Å²) in [6, 6.07) is 11.5. The number of Topliss-reactive ketones (excluding diaryl/α,β-unsaturated/α-hetero) is 1. The predicted octanol–water partition coefficient (Wildman–Crippen LogP) is 5.02. The van der Waals surface area contributed by atoms with Gasteiger partial charge in [0.25, 0.3) is 0 Å². The Labute approximate surface area is 158 Å². The van der Waals surface area contributed by atoms with Gasteiger partial charge in [-0.25, -0.2) is 0 Å². The third-order valence-corrected chi connectivity index (χ3v) is 4.93. The quantitative estimate of drug-likeness (QED) is 0.265. The molecule has 0 fully saturated rings. The number of halogens is 2. The van der Waals surface area contributed by atoms with Crippen molar-refractivity contribution in [2.75, 3.05) is 0 Å². The molecule has 126 valence electrons. The van der Waals surface area contributed by atoms with Crippen molar-refractivity contribution in [1.82, 2.24) is 4.98 Å². The van der Waals surface area contributed by atoms with Crippen molar-refractivity contribution in [3.05, 3.63) is 80.7 Å². The lowest BCUT2D eigenvalue weighted by Gasteiger charge is -2.15. The van der Waals surface area contributed by atoms with Crippen LogP contribution in [0.1, 0.15) is 21.2 Å². The molecule has 3 aromatic rings. The summed E-state index contributed by atoms with van der Waals surface area (Å²) in [5, 5.41) is 2.17. The van der Waals surface area contributed by atoms with Gasteiger partial charge in [-0.2, -0.15) is 0 Å². The molecule has 2 heterocycles. The second kappa shape index (κ2) is 7.78. The van der Waals surface area contributed by atoms with Crippen LogP contribution in [-0.4, -0.2) is 16.7 Å². The number of carbonyl (C=O) groups is 2. The topological polar surface area (TPSA) is 56.3 Å². The lowest BCUT2D eigenvalue weighted by Crippen LogP contribution is -2.26. The summed E-state index contributed by atoms with van der Waals surface area (Å²) in [6.07, 6.45) is 2.97. The minimum Gasteiger partial charge on any atom is -0.423 e. The SMILES string of the molecule is O=C(Oc1c(Cl)cccc1Cl)C(C(=O)c1cccnc1)c1cccs1. The standard InChI is InChI=1S/C18H11Cl2NO3S/c19-12-5-1-6-13(20)17(12)24-18(23)15(14-7-3-9-25-14)16(22)11-4-2-8-21-10-11/h1-10,15H. The second-order valence-corrected chi connectivity index (χ2v) is 6.82. The molecule has 3 rings (SSSR count). The van der Waals surface area contributed by atoms with Crippen LogP contribution in [0.3, 0.4) is 0 Å². The molecule has 0 radical (unpaired) electrons. The molecule has 0 aliphatic rings. The number of hydrogen-bond acceptors (Lipinski definition) is 5. The molecule has 25 heavy (non-hydrogen) atoms. The molecule has 0 bridgehead atoms. The van der Waals surface area contributed by atoms with Crippen LogP contribution in [0, 0.1) is 0 Å². The Bertz CT molecular complexity index is 878. The summed E-state index contributed by atoms with van der Waals surface area (Å²) in [5.74, 6) is -2.22. The number of ether oxygens (including phenoxy) is 1. The molecule has 1 aromatic carbocycles. The number of thiophene rings is 1. The molecule has 0 N–H and O–H groups in total. The first kappa shape index (κ1) is 17.6. The van der Waals surface area contributed by atoms with Crippen molar-refractivity contribution < 1.29 is 14.3 Å². The number of esters is 1. The first-order chi connectivity index (χ1) is 12.1. The maximum absolute atomic E-state index is 12.8. The molecule has 0 saturated carbocycles. The Morgan fingerprint density at radius 3 is 2.40 bits per heavy atom. The summed E-state index contributed by atoms with van der Waals surface area (Å²) in [7, 11) is 0. The number of rotatable bonds is 5. The van der Waals surface area contributed by atoms with Gasteiger partial charge < -0.3 is 4.74 Å². The molecule has 2 aromatic heterocycles. The smallest absolute Gasteiger partial charge is 0.327 e. The molecule has 0 amide bonds. The minimum absolute atomic E-state index is 0.0383. The van der Waals surface area contributed by atoms with Gasteiger partial charge in [0.05, 0.1) is 10.0 Å². The molecule has 0 saturated heterocycles. The van der Waals surface area contributed by atoms with Gasteiger partial charge in [-0.05, 0) is 35.7 Å². The first-order valence-electron chi connectivity index (χ1n) is 7.21. The van der Waals surface area contributed by atoms with Gasteiger partial charge in [-0.1, -0.05) is 35.3 Å². The number of para-hydroxylation sites is 1. The number of nitrogens with zero attached hydrogens (tertiary/aromatic N) is 1. The lowest BCUT2D eigenvalue weighted by atomic mass is 9.97. The maximum Gasteiger partial charge on any atom is 0.327 e. The lowest BCUT2D eigenvalue weighted by molar-refractivity contribution is -0.134. The van der Waals surface area contributed by atoms with E-state index in [0.29, 0.717) is 10.4 Å². The minimum atomic E-state index is -1.11. The highest BCUT2D eigenvalue weighted by Crippen LogP contribution is 2.35. The van der Waals surface area contributed by atoms with Crippen molar-refractivity contribution >= 4 is 46.3 Å². The third kappa shape index (κ3) is 3.90. The first-order valence-corrected chi connectivity index (χ1v) is 8.85. The fraction of sp³-hybridized carbons (Fsp3) is 0.0556. The number of benzene rings is 1. The second-order valence-electron chi connectivity index (χ2n) is 5.03. The van der Waals surface area contributed by atoms with Crippen molar-refractivity contribution in [2.45, 2.75) is 5.92 Å². The van der Waals surface area contributed by atoms with Crippen molar-refractivity contribution in [2.24, 2.45) is 0 Å². The molecular formula is C18H11Cl2NO3S. The zero-order chi connectivity index (χ0) is 17.8. The van der Waals surface area contributed by atoms with Crippen LogP contribution in [0.4, 0.5) is 0 Å². The summed E-state index contributed by atoms with van der Waals surface area (Å²) >= 11 is 13.4. The Hall–Kier alpha value is -2.21. The van der Waals surface area contributed by atoms with E-state index in [4.69, 9.17) is 27.9 Å². The van der Waals surface area contributed by atoms with Gasteiger partial charge in [0, 0.05) is 22.8 Å². The predicted molar refractivity (Wildman–Crippen MR) is 97.7 cm³/mol. The Morgan fingerprint density at radius 2 is 1.80 bits per heavy atom. The van der Waals surface area contributed by atoms with Crippen LogP contribution in [0.2, 0.25) is 10.0 Å². The third-order valence-electron chi connectivity index (χ3n) is 3.39. The van der Waals surface area contributed by atoms with E-state index in [1.165, 1.54) is 17.5 Å². The molecule has 0 aliphatic carbocycles. The van der Waals surface area contributed by atoms with Gasteiger partial charge in [-0.15, -0.1) is 11.3 Å². The highest BCUT2D eigenvalue weighted by Gasteiger charge is 2.33. The maximum atomic E-state index is 12.8. The number of aromatic nitrogens is 1. The number of pyridine rings is 1. The Kier molecular flexibility index (Phi) is 5.48. The van der Waals surface area contributed by atoms with E-state index in [2.05, 4.69) is 4.98 Å². The normalized spacial score (nSPS) is 11.8. The van der Waals surface area contributed by atoms with Crippen LogP contribution in [0.25, 0.3) is 0 Å². The van der Waals surface area contributed by atoms with E-state index < -0.39 is 17.7 Å². The fourth-order valence-corrected chi connectivity index (χ4v) is 3.51. The Balaban J connectivity index is 1.95. The summed E-state index contributed by atoms with van der Waals surface area (Å²) in [5.41, 5.74) is 0.322. The summed E-state index contributed by atoms with van der Waals surface area (Å²) < 4.78 is 5.37. The fourth-order valence-electron chi connectivity index (χ4n) is 2.22. The summed E-state index contributed by atoms with van der Waals surface area (Å²) in [6.45, 7) is 0. The average molecular weight is 392 g/mol. The van der Waals surface area contributed by atoms with E-state index in [1.54, 1.807) is 54.0 Å². The molecular weight excluding hydrogens is 381 g/mol. The van der Waals surface area contributed by atoms with Crippen LogP contribution in [0.5, 0.6) is 5.75 Å². The Morgan fingerprint density at radius 1 is 1.04 bits per heavy atom. The van der Waals surface area contributed by atoms with Gasteiger partial charge >= 0.3 is 5.97 Å². The van der Waals surface area contributed by atoms with E-state index in [9.17, 15) is 9.59 Å². The highest BCUT2D eigenvalue weighted by molar-refractivity contribution is 7.10. The number of hydrogen-bond donors (Lipinski definition) is 0. The molecule has 1 atom stereocenters. The zero-order valence-electron chi connectivity index (χ0n) is 12.7. The van der Waals surface area contributed by atoms with Crippen LogP contribution in [0.15, 0.2) is 60.2 Å². The molecule has 4 nitrogen and oxygen atoms in total. The molecule has 1 unspecified atom stereocenters. The average Bonchev–Trinajstić information content (AvgIpc) is 3.13. The van der Waals surface area contributed by atoms with Gasteiger partial charge in [0.1, 0.15) is 0 Å². The number of carbonyl (C=O) groups excluding carboxylic acids is 2. The highest BCUT2D eigenvalue weighted by atomic mass is 35.5. The van der Waals surface area contributed by atoms with Crippen LogP contribution >= 0.6 is 34.5 Å². The van der Waals surface area contributed by atoms with Crippen molar-refractivity contribution in [3.63, 3.8) is 0 Å². The molecule has 7 heteroatoms. The van der Waals surface area contributed by atoms with Gasteiger partial charge in [0.2, 0.25) is 0 Å². The number of ketones is 1. The van der Waals surface area contributed by atoms with E-state index in [1.807, 2.05) is 0 Å². The van der Waals surface area contributed by atoms with E-state index in [-0.39, 0.29) is 15.8 Å². The molecule has 0 spiro atoms.